The average molecular weight is 451 g/mol. The highest BCUT2D eigenvalue weighted by Gasteiger charge is 2.27. The Morgan fingerprint density at radius 3 is 1.64 bits per heavy atom. The van der Waals surface area contributed by atoms with E-state index < -0.39 is 7.05 Å². The molecule has 0 aromatic heterocycles. The zero-order valence-electron chi connectivity index (χ0n) is 18.7. The fraction of sp³-hybridized carbons (Fsp3) is 0.107. The topological polar surface area (TPSA) is 49.4 Å². The summed E-state index contributed by atoms with van der Waals surface area (Å²) in [6.07, 6.45) is 2.87. The van der Waals surface area contributed by atoms with Gasteiger partial charge in [0.25, 0.3) is 0 Å². The summed E-state index contributed by atoms with van der Waals surface area (Å²) in [5.74, 6) is 0. The lowest BCUT2D eigenvalue weighted by atomic mass is 10.2. The van der Waals surface area contributed by atoms with E-state index >= 15 is 0 Å². The highest BCUT2D eigenvalue weighted by atomic mass is 31.2. The van der Waals surface area contributed by atoms with Crippen molar-refractivity contribution in [3.63, 3.8) is 0 Å². The largest absolute Gasteiger partial charge is 0.292 e. The minimum Gasteiger partial charge on any atom is -0.292 e. The van der Waals surface area contributed by atoms with Crippen LogP contribution in [-0.2, 0) is 0 Å². The van der Waals surface area contributed by atoms with Gasteiger partial charge in [-0.25, -0.2) is 0 Å². The number of benzene rings is 4. The van der Waals surface area contributed by atoms with Crippen LogP contribution in [0.3, 0.4) is 0 Å². The first-order valence-electron chi connectivity index (χ1n) is 11.1. The summed E-state index contributed by atoms with van der Waals surface area (Å²) in [5, 5.41) is 12.4. The second-order valence-electron chi connectivity index (χ2n) is 7.52. The van der Waals surface area contributed by atoms with Gasteiger partial charge < -0.3 is 0 Å². The summed E-state index contributed by atoms with van der Waals surface area (Å²) in [6.45, 7) is 2.91. The number of hydrogen-bond donors (Lipinski definition) is 0. The Bertz CT molecular complexity index is 1160. The summed E-state index contributed by atoms with van der Waals surface area (Å²) in [7, 11) is -2.40. The minimum atomic E-state index is -2.40. The smallest absolute Gasteiger partial charge is 0.0962 e. The van der Waals surface area contributed by atoms with Crippen molar-refractivity contribution in [1.29, 1.82) is 0 Å². The van der Waals surface area contributed by atoms with Crippen molar-refractivity contribution < 1.29 is 0 Å². The zero-order valence-corrected chi connectivity index (χ0v) is 19.6. The fourth-order valence-corrected chi connectivity index (χ4v) is 6.82. The number of nitrogens with zero attached hydrogens (tertiary/aromatic N) is 4. The summed E-state index contributed by atoms with van der Waals surface area (Å²) in [4.78, 5) is 9.49. The van der Waals surface area contributed by atoms with E-state index in [2.05, 4.69) is 95.1 Å². The van der Waals surface area contributed by atoms with Crippen molar-refractivity contribution >= 4 is 34.9 Å². The highest BCUT2D eigenvalue weighted by molar-refractivity contribution is 7.87. The molecule has 0 N–H and O–H groups in total. The maximum Gasteiger partial charge on any atom is 0.0962 e. The first kappa shape index (κ1) is 22.6. The fourth-order valence-electron chi connectivity index (χ4n) is 3.64. The molecule has 0 fully saturated rings. The van der Waals surface area contributed by atoms with Crippen LogP contribution in [0.5, 0.6) is 0 Å². The van der Waals surface area contributed by atoms with Crippen molar-refractivity contribution in [3.8, 4) is 0 Å². The van der Waals surface area contributed by atoms with Crippen LogP contribution in [0.4, 0.5) is 5.69 Å². The van der Waals surface area contributed by atoms with Crippen LogP contribution in [0.15, 0.2) is 135 Å². The molecule has 5 heteroatoms. The highest BCUT2D eigenvalue weighted by Crippen LogP contribution is 2.46. The van der Waals surface area contributed by atoms with E-state index in [9.17, 15) is 0 Å². The van der Waals surface area contributed by atoms with Crippen LogP contribution in [0, 0.1) is 0 Å². The Hall–Kier alpha value is -3.62. The molecule has 164 valence electrons. The Morgan fingerprint density at radius 2 is 1.12 bits per heavy atom. The molecule has 0 saturated carbocycles. The summed E-state index contributed by atoms with van der Waals surface area (Å²) in [5.41, 5.74) is 1.70. The third kappa shape index (κ3) is 5.24. The van der Waals surface area contributed by atoms with E-state index in [0.29, 0.717) is 0 Å². The predicted octanol–water partition coefficient (Wildman–Crippen LogP) is 6.69. The second-order valence-corrected chi connectivity index (χ2v) is 10.5. The molecule has 4 nitrogen and oxygen atoms in total. The summed E-state index contributed by atoms with van der Waals surface area (Å²) < 4.78 is 0. The molecule has 0 aliphatic heterocycles. The molecular weight excluding hydrogens is 423 g/mol. The minimum absolute atomic E-state index is 0.758. The van der Waals surface area contributed by atoms with Gasteiger partial charge in [-0.05, 0) is 17.7 Å². The normalized spacial score (nSPS) is 11.8. The molecule has 0 unspecified atom stereocenters. The van der Waals surface area contributed by atoms with E-state index in [1.807, 2.05) is 48.7 Å². The number of rotatable bonds is 8. The summed E-state index contributed by atoms with van der Waals surface area (Å²) >= 11 is 0. The van der Waals surface area contributed by atoms with Gasteiger partial charge in [-0.3, -0.25) is 4.99 Å². The third-order valence-corrected chi connectivity index (χ3v) is 8.72. The van der Waals surface area contributed by atoms with Gasteiger partial charge in [-0.15, -0.1) is 9.97 Å². The van der Waals surface area contributed by atoms with Crippen LogP contribution < -0.4 is 15.9 Å². The quantitative estimate of drug-likeness (QED) is 0.124. The molecule has 0 radical (unpaired) electrons. The molecule has 0 atom stereocenters. The van der Waals surface area contributed by atoms with Crippen molar-refractivity contribution in [3.05, 3.63) is 121 Å². The number of hydrogen-bond acceptors (Lipinski definition) is 2. The van der Waals surface area contributed by atoms with Crippen LogP contribution in [-0.4, -0.2) is 12.8 Å². The Morgan fingerprint density at radius 1 is 0.636 bits per heavy atom. The molecule has 0 aliphatic carbocycles. The molecule has 0 aliphatic rings. The Kier molecular flexibility index (Phi) is 7.73. The predicted molar refractivity (Wildman–Crippen MR) is 141 cm³/mol. The standard InChI is InChI=1S/C28H27N4P/c1-2-22-29-23-24-14-12-13-21-28(24)30-31-32-33(25-15-6-3-7-16-25,26-17-8-4-9-18-26)27-19-10-5-11-20-27/h3-21,23H,2,22H2,1H3. The summed E-state index contributed by atoms with van der Waals surface area (Å²) in [6, 6.07) is 39.1. The molecule has 4 rings (SSSR count). The van der Waals surface area contributed by atoms with E-state index in [-0.39, 0.29) is 0 Å². The molecule has 4 aromatic rings. The van der Waals surface area contributed by atoms with Gasteiger partial charge in [-0.1, -0.05) is 116 Å². The Balaban J connectivity index is 1.90. The van der Waals surface area contributed by atoms with Gasteiger partial charge in [0, 0.05) is 34.2 Å². The molecule has 0 spiro atoms. The maximum atomic E-state index is 5.02. The zero-order chi connectivity index (χ0) is 22.8. The van der Waals surface area contributed by atoms with Crippen LogP contribution >= 0.6 is 7.05 Å². The molecular formula is C28H27N4P. The van der Waals surface area contributed by atoms with Crippen molar-refractivity contribution in [2.75, 3.05) is 6.54 Å². The average Bonchev–Trinajstić information content (AvgIpc) is 2.89. The van der Waals surface area contributed by atoms with E-state index in [4.69, 9.17) is 4.85 Å². The van der Waals surface area contributed by atoms with Gasteiger partial charge in [0.1, 0.15) is 0 Å². The SMILES string of the molecule is CCCN=Cc1ccccc1N=NN=P(c1ccccc1)(c1ccccc1)c1ccccc1. The van der Waals surface area contributed by atoms with E-state index in [1.54, 1.807) is 0 Å². The lowest BCUT2D eigenvalue weighted by molar-refractivity contribution is 0.937. The van der Waals surface area contributed by atoms with E-state index in [1.165, 1.54) is 0 Å². The van der Waals surface area contributed by atoms with E-state index in [0.717, 1.165) is 40.1 Å². The van der Waals surface area contributed by atoms with Crippen molar-refractivity contribution in [2.24, 2.45) is 20.2 Å². The second kappa shape index (κ2) is 11.3. The van der Waals surface area contributed by atoms with Crippen LogP contribution in [0.2, 0.25) is 0 Å². The first-order valence-corrected chi connectivity index (χ1v) is 12.9. The van der Waals surface area contributed by atoms with Gasteiger partial charge >= 0.3 is 0 Å². The molecule has 0 amide bonds. The lowest BCUT2D eigenvalue weighted by Crippen LogP contribution is -2.25. The Labute approximate surface area is 195 Å². The molecule has 0 bridgehead atoms. The van der Waals surface area contributed by atoms with Crippen molar-refractivity contribution in [2.45, 2.75) is 13.3 Å². The number of aliphatic imine (C=N–C) groups is 1. The molecule has 0 saturated heterocycles. The molecule has 4 aromatic carbocycles. The van der Waals surface area contributed by atoms with Gasteiger partial charge in [0.2, 0.25) is 0 Å². The molecule has 0 heterocycles. The third-order valence-electron chi connectivity index (χ3n) is 5.24. The van der Waals surface area contributed by atoms with Gasteiger partial charge in [0.05, 0.1) is 12.7 Å². The van der Waals surface area contributed by atoms with Crippen LogP contribution in [0.25, 0.3) is 0 Å². The molecule has 33 heavy (non-hydrogen) atoms. The van der Waals surface area contributed by atoms with Crippen molar-refractivity contribution in [1.82, 2.24) is 0 Å². The van der Waals surface area contributed by atoms with Gasteiger partial charge in [-0.2, -0.15) is 0 Å². The maximum absolute atomic E-state index is 5.02. The van der Waals surface area contributed by atoms with Crippen LogP contribution in [0.1, 0.15) is 18.9 Å². The van der Waals surface area contributed by atoms with Gasteiger partial charge in [0.15, 0.2) is 0 Å². The lowest BCUT2D eigenvalue weighted by Gasteiger charge is -2.24. The monoisotopic (exact) mass is 450 g/mol. The first-order chi connectivity index (χ1) is 16.3.